The summed E-state index contributed by atoms with van der Waals surface area (Å²) < 4.78 is 54.4. The number of hydrogen-bond donors (Lipinski definition) is 0. The van der Waals surface area contributed by atoms with Crippen LogP contribution in [0.2, 0.25) is 0 Å². The molecule has 1 aliphatic rings. The Morgan fingerprint density at radius 2 is 1.74 bits per heavy atom. The van der Waals surface area contributed by atoms with Gasteiger partial charge in [-0.1, -0.05) is 34.1 Å². The molecule has 2 aromatic heterocycles. The molecule has 1 saturated heterocycles. The maximum atomic E-state index is 13.3. The highest BCUT2D eigenvalue weighted by Crippen LogP contribution is 2.26. The summed E-state index contributed by atoms with van der Waals surface area (Å²) >= 11 is 3.53. The number of rotatable bonds is 5. The van der Waals surface area contributed by atoms with Crippen molar-refractivity contribution in [2.24, 2.45) is 0 Å². The molecule has 164 valence electrons. The quantitative estimate of drug-likeness (QED) is 0.490. The fourth-order valence-electron chi connectivity index (χ4n) is 3.53. The van der Waals surface area contributed by atoms with Crippen LogP contribution < -0.4 is 0 Å². The minimum absolute atomic E-state index is 0.0972. The number of benzene rings is 1. The third-order valence-electron chi connectivity index (χ3n) is 5.15. The Balaban J connectivity index is 1.49. The molecular weight excluding hydrogens is 482 g/mol. The summed E-state index contributed by atoms with van der Waals surface area (Å²) in [5, 5.41) is 3.93. The van der Waals surface area contributed by atoms with E-state index in [4.69, 9.17) is 0 Å². The third-order valence-corrected chi connectivity index (χ3v) is 5.93. The van der Waals surface area contributed by atoms with Gasteiger partial charge in [-0.3, -0.25) is 9.69 Å². The van der Waals surface area contributed by atoms with Crippen molar-refractivity contribution in [2.45, 2.75) is 19.4 Å². The van der Waals surface area contributed by atoms with Gasteiger partial charge < -0.3 is 4.90 Å². The van der Waals surface area contributed by atoms with Gasteiger partial charge in [0.25, 0.3) is 18.8 Å². The maximum Gasteiger partial charge on any atom is 0.280 e. The zero-order valence-corrected chi connectivity index (χ0v) is 17.8. The molecule has 4 rings (SSSR count). The molecule has 31 heavy (non-hydrogen) atoms. The third kappa shape index (κ3) is 4.57. The van der Waals surface area contributed by atoms with Crippen molar-refractivity contribution in [3.8, 4) is 0 Å². The standard InChI is InChI=1S/C20H18BrF4N5O/c21-13-4-2-1-3-12(13)11-28-5-7-29(8-6-28)20(31)15-10-17-26-14(18(22)23)9-16(19(24)25)30(17)27-15/h1-4,9-10,18-19H,5-8,11H2. The smallest absolute Gasteiger partial charge is 0.280 e. The number of amides is 1. The average molecular weight is 500 g/mol. The molecule has 0 N–H and O–H groups in total. The van der Waals surface area contributed by atoms with Crippen LogP contribution in [0.1, 0.15) is 40.3 Å². The number of hydrogen-bond acceptors (Lipinski definition) is 4. The molecule has 3 heterocycles. The van der Waals surface area contributed by atoms with E-state index in [1.807, 2.05) is 24.3 Å². The number of aromatic nitrogens is 3. The molecule has 1 amide bonds. The van der Waals surface area contributed by atoms with Crippen molar-refractivity contribution < 1.29 is 22.4 Å². The van der Waals surface area contributed by atoms with Crippen molar-refractivity contribution >= 4 is 27.5 Å². The van der Waals surface area contributed by atoms with Gasteiger partial charge in [-0.05, 0) is 17.7 Å². The lowest BCUT2D eigenvalue weighted by Gasteiger charge is -2.34. The van der Waals surface area contributed by atoms with E-state index >= 15 is 0 Å². The molecular formula is C20H18BrF4N5O. The zero-order valence-electron chi connectivity index (χ0n) is 16.2. The number of nitrogens with zero attached hydrogens (tertiary/aromatic N) is 5. The topological polar surface area (TPSA) is 53.7 Å². The summed E-state index contributed by atoms with van der Waals surface area (Å²) in [6.45, 7) is 2.88. The summed E-state index contributed by atoms with van der Waals surface area (Å²) in [6.07, 6.45) is -6.04. The number of fused-ring (bicyclic) bond motifs is 1. The fourth-order valence-corrected chi connectivity index (χ4v) is 3.94. The molecule has 0 bridgehead atoms. The second-order valence-corrected chi connectivity index (χ2v) is 8.02. The Hall–Kier alpha value is -2.53. The van der Waals surface area contributed by atoms with Gasteiger partial charge in [0.15, 0.2) is 11.3 Å². The molecule has 1 aliphatic heterocycles. The molecule has 6 nitrogen and oxygen atoms in total. The van der Waals surface area contributed by atoms with E-state index in [1.54, 1.807) is 4.90 Å². The van der Waals surface area contributed by atoms with Crippen molar-refractivity contribution in [1.82, 2.24) is 24.4 Å². The highest BCUT2D eigenvalue weighted by atomic mass is 79.9. The molecule has 0 spiro atoms. The van der Waals surface area contributed by atoms with Crippen LogP contribution in [0.3, 0.4) is 0 Å². The number of alkyl halides is 4. The zero-order chi connectivity index (χ0) is 22.1. The number of carbonyl (C=O) groups excluding carboxylic acids is 1. The molecule has 0 radical (unpaired) electrons. The van der Waals surface area contributed by atoms with Crippen LogP contribution in [0, 0.1) is 0 Å². The molecule has 3 aromatic rings. The van der Waals surface area contributed by atoms with Crippen molar-refractivity contribution in [1.29, 1.82) is 0 Å². The van der Waals surface area contributed by atoms with Crippen LogP contribution in [0.15, 0.2) is 40.9 Å². The van der Waals surface area contributed by atoms with Gasteiger partial charge in [-0.2, -0.15) is 5.10 Å². The lowest BCUT2D eigenvalue weighted by atomic mass is 10.2. The average Bonchev–Trinajstić information content (AvgIpc) is 3.18. The summed E-state index contributed by atoms with van der Waals surface area (Å²) in [5.74, 6) is -0.440. The lowest BCUT2D eigenvalue weighted by Crippen LogP contribution is -2.48. The first kappa shape index (κ1) is 21.7. The fraction of sp³-hybridized carbons (Fsp3) is 0.350. The Morgan fingerprint density at radius 3 is 2.39 bits per heavy atom. The van der Waals surface area contributed by atoms with E-state index in [2.05, 4.69) is 30.9 Å². The Morgan fingerprint density at radius 1 is 1.03 bits per heavy atom. The lowest BCUT2D eigenvalue weighted by molar-refractivity contribution is 0.0621. The predicted octanol–water partition coefficient (Wildman–Crippen LogP) is 4.33. The Bertz CT molecular complexity index is 1100. The van der Waals surface area contributed by atoms with Crippen LogP contribution in [-0.4, -0.2) is 56.5 Å². The van der Waals surface area contributed by atoms with Crippen LogP contribution >= 0.6 is 15.9 Å². The van der Waals surface area contributed by atoms with Crippen molar-refractivity contribution in [2.75, 3.05) is 26.2 Å². The first-order valence-electron chi connectivity index (χ1n) is 9.55. The first-order chi connectivity index (χ1) is 14.8. The maximum absolute atomic E-state index is 13.3. The van der Waals surface area contributed by atoms with Gasteiger partial charge in [-0.25, -0.2) is 27.1 Å². The summed E-state index contributed by atoms with van der Waals surface area (Å²) in [4.78, 5) is 20.3. The van der Waals surface area contributed by atoms with E-state index in [-0.39, 0.29) is 11.3 Å². The van der Waals surface area contributed by atoms with Crippen LogP contribution in [0.5, 0.6) is 0 Å². The van der Waals surface area contributed by atoms with E-state index in [1.165, 1.54) is 6.07 Å². The SMILES string of the molecule is O=C(c1cc2nc(C(F)F)cc(C(F)F)n2n1)N1CCN(Cc2ccccc2Br)CC1. The van der Waals surface area contributed by atoms with Crippen LogP contribution in [0.4, 0.5) is 17.6 Å². The summed E-state index contributed by atoms with van der Waals surface area (Å²) in [5.41, 5.74) is -0.660. The predicted molar refractivity (Wildman–Crippen MR) is 108 cm³/mol. The molecule has 0 saturated carbocycles. The van der Waals surface area contributed by atoms with E-state index in [0.717, 1.165) is 21.1 Å². The highest BCUT2D eigenvalue weighted by molar-refractivity contribution is 9.10. The second-order valence-electron chi connectivity index (χ2n) is 7.17. The number of halogens is 5. The summed E-state index contributed by atoms with van der Waals surface area (Å²) in [7, 11) is 0. The number of piperazine rings is 1. The van der Waals surface area contributed by atoms with Gasteiger partial charge in [0.05, 0.1) is 0 Å². The Labute approximate surface area is 183 Å². The van der Waals surface area contributed by atoms with Crippen LogP contribution in [0.25, 0.3) is 5.65 Å². The van der Waals surface area contributed by atoms with Gasteiger partial charge in [0, 0.05) is 43.3 Å². The van der Waals surface area contributed by atoms with E-state index in [0.29, 0.717) is 32.2 Å². The second kappa shape index (κ2) is 8.91. The Kier molecular flexibility index (Phi) is 6.24. The normalized spacial score (nSPS) is 15.4. The van der Waals surface area contributed by atoms with Gasteiger partial charge in [0.2, 0.25) is 0 Å². The van der Waals surface area contributed by atoms with Crippen molar-refractivity contribution in [3.05, 3.63) is 63.5 Å². The van der Waals surface area contributed by atoms with Gasteiger partial charge >= 0.3 is 0 Å². The van der Waals surface area contributed by atoms with E-state index < -0.39 is 30.1 Å². The minimum atomic E-state index is -3.04. The molecule has 1 aromatic carbocycles. The number of carbonyl (C=O) groups is 1. The largest absolute Gasteiger partial charge is 0.335 e. The minimum Gasteiger partial charge on any atom is -0.335 e. The van der Waals surface area contributed by atoms with Crippen LogP contribution in [-0.2, 0) is 6.54 Å². The summed E-state index contributed by atoms with van der Waals surface area (Å²) in [6, 6.07) is 9.69. The molecule has 0 aliphatic carbocycles. The molecule has 0 atom stereocenters. The monoisotopic (exact) mass is 499 g/mol. The molecule has 1 fully saturated rings. The van der Waals surface area contributed by atoms with Gasteiger partial charge in [0.1, 0.15) is 11.4 Å². The molecule has 0 unspecified atom stereocenters. The van der Waals surface area contributed by atoms with Crippen molar-refractivity contribution in [3.63, 3.8) is 0 Å². The molecule has 11 heteroatoms. The van der Waals surface area contributed by atoms with E-state index in [9.17, 15) is 22.4 Å². The van der Waals surface area contributed by atoms with Gasteiger partial charge in [-0.15, -0.1) is 0 Å². The highest BCUT2D eigenvalue weighted by Gasteiger charge is 2.26. The first-order valence-corrected chi connectivity index (χ1v) is 10.3.